The third kappa shape index (κ3) is 2.54. The predicted molar refractivity (Wildman–Crippen MR) is 99.0 cm³/mol. The van der Waals surface area contributed by atoms with E-state index in [9.17, 15) is 0 Å². The Hall–Kier alpha value is -2.10. The van der Waals surface area contributed by atoms with E-state index in [1.165, 1.54) is 5.56 Å². The summed E-state index contributed by atoms with van der Waals surface area (Å²) < 4.78 is 0. The van der Waals surface area contributed by atoms with Gasteiger partial charge >= 0.3 is 0 Å². The molecule has 0 aliphatic heterocycles. The first-order chi connectivity index (χ1) is 11.7. The lowest BCUT2D eigenvalue weighted by atomic mass is 9.78. The van der Waals surface area contributed by atoms with Gasteiger partial charge in [0.2, 0.25) is 5.95 Å². The van der Waals surface area contributed by atoms with Crippen LogP contribution in [0.3, 0.4) is 0 Å². The molecule has 1 aliphatic carbocycles. The zero-order valence-corrected chi connectivity index (χ0v) is 14.6. The Bertz CT molecular complexity index is 924. The van der Waals surface area contributed by atoms with Crippen molar-refractivity contribution >= 4 is 29.2 Å². The standard InChI is InChI=1S/C19H15Cl2N3/c1-22-19-23-10-12-8-15(11-6-7-16(20)17(21)9-11)13-4-2-3-5-14(13)18(12)24-19/h2-7,9-10,15H,8H2,1H3,(H,22,23,24). The van der Waals surface area contributed by atoms with Crippen LogP contribution >= 0.6 is 23.2 Å². The number of nitrogens with zero attached hydrogens (tertiary/aromatic N) is 2. The predicted octanol–water partition coefficient (Wildman–Crippen LogP) is 5.18. The summed E-state index contributed by atoms with van der Waals surface area (Å²) >= 11 is 12.3. The van der Waals surface area contributed by atoms with Gasteiger partial charge in [0.05, 0.1) is 15.7 Å². The quantitative estimate of drug-likeness (QED) is 0.688. The second-order valence-electron chi connectivity index (χ2n) is 5.83. The van der Waals surface area contributed by atoms with Crippen molar-refractivity contribution in [3.63, 3.8) is 0 Å². The van der Waals surface area contributed by atoms with Crippen molar-refractivity contribution in [3.8, 4) is 11.3 Å². The maximum atomic E-state index is 6.24. The minimum atomic E-state index is 0.215. The maximum Gasteiger partial charge on any atom is 0.222 e. The summed E-state index contributed by atoms with van der Waals surface area (Å²) in [5, 5.41) is 4.17. The molecule has 1 unspecified atom stereocenters. The van der Waals surface area contributed by atoms with Gasteiger partial charge in [-0.2, -0.15) is 0 Å². The Kier molecular flexibility index (Phi) is 3.91. The van der Waals surface area contributed by atoms with E-state index in [0.717, 1.165) is 28.8 Å². The highest BCUT2D eigenvalue weighted by molar-refractivity contribution is 6.42. The Morgan fingerprint density at radius 3 is 2.71 bits per heavy atom. The molecule has 3 aromatic rings. The highest BCUT2D eigenvalue weighted by Gasteiger charge is 2.27. The van der Waals surface area contributed by atoms with Crippen molar-refractivity contribution in [2.24, 2.45) is 0 Å². The van der Waals surface area contributed by atoms with E-state index < -0.39 is 0 Å². The van der Waals surface area contributed by atoms with Crippen LogP contribution in [-0.2, 0) is 6.42 Å². The summed E-state index contributed by atoms with van der Waals surface area (Å²) in [5.74, 6) is 0.851. The average Bonchev–Trinajstić information content (AvgIpc) is 2.63. The number of hydrogen-bond donors (Lipinski definition) is 1. The molecule has 0 saturated heterocycles. The first-order valence-corrected chi connectivity index (χ1v) is 8.51. The first-order valence-electron chi connectivity index (χ1n) is 7.75. The molecule has 1 heterocycles. The molecular weight excluding hydrogens is 341 g/mol. The monoisotopic (exact) mass is 355 g/mol. The fraction of sp³-hybridized carbons (Fsp3) is 0.158. The molecule has 4 rings (SSSR count). The van der Waals surface area contributed by atoms with Gasteiger partial charge in [0.25, 0.3) is 0 Å². The van der Waals surface area contributed by atoms with Gasteiger partial charge in [0.15, 0.2) is 0 Å². The van der Waals surface area contributed by atoms with Crippen LogP contribution in [0.15, 0.2) is 48.7 Å². The summed E-state index contributed by atoms with van der Waals surface area (Å²) in [6.07, 6.45) is 2.75. The largest absolute Gasteiger partial charge is 0.357 e. The van der Waals surface area contributed by atoms with Gasteiger partial charge in [-0.25, -0.2) is 9.97 Å². The average molecular weight is 356 g/mol. The fourth-order valence-corrected chi connectivity index (χ4v) is 3.59. The number of nitrogens with one attached hydrogen (secondary N) is 1. The van der Waals surface area contributed by atoms with Crippen molar-refractivity contribution in [1.82, 2.24) is 9.97 Å². The normalized spacial score (nSPS) is 15.5. The van der Waals surface area contributed by atoms with Crippen LogP contribution in [0.5, 0.6) is 0 Å². The van der Waals surface area contributed by atoms with Gasteiger partial charge in [-0.3, -0.25) is 0 Å². The highest BCUT2D eigenvalue weighted by Crippen LogP contribution is 2.42. The number of fused-ring (bicyclic) bond motifs is 3. The maximum absolute atomic E-state index is 6.24. The molecule has 3 nitrogen and oxygen atoms in total. The molecule has 24 heavy (non-hydrogen) atoms. The lowest BCUT2D eigenvalue weighted by molar-refractivity contribution is 0.782. The molecule has 1 atom stereocenters. The van der Waals surface area contributed by atoms with E-state index in [1.807, 2.05) is 37.5 Å². The van der Waals surface area contributed by atoms with E-state index >= 15 is 0 Å². The van der Waals surface area contributed by atoms with Crippen molar-refractivity contribution in [2.45, 2.75) is 12.3 Å². The molecule has 0 fully saturated rings. The molecule has 1 N–H and O–H groups in total. The van der Waals surface area contributed by atoms with Crippen molar-refractivity contribution in [1.29, 1.82) is 0 Å². The van der Waals surface area contributed by atoms with Crippen LogP contribution in [0.25, 0.3) is 11.3 Å². The molecule has 5 heteroatoms. The van der Waals surface area contributed by atoms with Gasteiger partial charge in [-0.05, 0) is 35.2 Å². The van der Waals surface area contributed by atoms with Crippen LogP contribution in [0.1, 0.15) is 22.6 Å². The lowest BCUT2D eigenvalue weighted by Gasteiger charge is -2.27. The molecule has 2 aromatic carbocycles. The number of aromatic nitrogens is 2. The topological polar surface area (TPSA) is 37.8 Å². The van der Waals surface area contributed by atoms with Crippen LogP contribution in [0, 0.1) is 0 Å². The van der Waals surface area contributed by atoms with Gasteiger partial charge in [-0.1, -0.05) is 53.5 Å². The van der Waals surface area contributed by atoms with E-state index in [-0.39, 0.29) is 5.92 Å². The van der Waals surface area contributed by atoms with Crippen molar-refractivity contribution < 1.29 is 0 Å². The van der Waals surface area contributed by atoms with Gasteiger partial charge in [0.1, 0.15) is 0 Å². The molecule has 120 valence electrons. The molecule has 1 aromatic heterocycles. The van der Waals surface area contributed by atoms with Crippen LogP contribution < -0.4 is 5.32 Å². The summed E-state index contributed by atoms with van der Waals surface area (Å²) in [6.45, 7) is 0. The Labute approximate surface area is 150 Å². The molecule has 0 spiro atoms. The lowest BCUT2D eigenvalue weighted by Crippen LogP contribution is -2.15. The highest BCUT2D eigenvalue weighted by atomic mass is 35.5. The fourth-order valence-electron chi connectivity index (χ4n) is 3.28. The SMILES string of the molecule is CNc1ncc2c(n1)-c1ccccc1C(c1ccc(Cl)c(Cl)c1)C2. The molecule has 0 bridgehead atoms. The zero-order valence-electron chi connectivity index (χ0n) is 13.1. The first kappa shape index (κ1) is 15.4. The zero-order chi connectivity index (χ0) is 16.7. The van der Waals surface area contributed by atoms with Crippen LogP contribution in [0.4, 0.5) is 5.95 Å². The van der Waals surface area contributed by atoms with E-state index in [1.54, 1.807) is 0 Å². The van der Waals surface area contributed by atoms with Crippen molar-refractivity contribution in [3.05, 3.63) is 75.4 Å². The van der Waals surface area contributed by atoms with Gasteiger partial charge < -0.3 is 5.32 Å². The minimum Gasteiger partial charge on any atom is -0.357 e. The second kappa shape index (κ2) is 6.08. The smallest absolute Gasteiger partial charge is 0.222 e. The van der Waals surface area contributed by atoms with Gasteiger partial charge in [-0.15, -0.1) is 0 Å². The van der Waals surface area contributed by atoms with E-state index in [2.05, 4.69) is 33.5 Å². The molecule has 0 saturated carbocycles. The Morgan fingerprint density at radius 2 is 1.92 bits per heavy atom. The number of rotatable bonds is 2. The summed E-state index contributed by atoms with van der Waals surface area (Å²) in [6, 6.07) is 14.2. The second-order valence-corrected chi connectivity index (χ2v) is 6.65. The molecule has 0 amide bonds. The summed E-state index contributed by atoms with van der Waals surface area (Å²) in [4.78, 5) is 9.04. The molecular formula is C19H15Cl2N3. The molecule has 0 radical (unpaired) electrons. The van der Waals surface area contributed by atoms with Crippen LogP contribution in [-0.4, -0.2) is 17.0 Å². The van der Waals surface area contributed by atoms with Gasteiger partial charge in [0, 0.05) is 24.7 Å². The third-order valence-corrected chi connectivity index (χ3v) is 5.19. The number of benzene rings is 2. The number of anilines is 1. The Morgan fingerprint density at radius 1 is 1.08 bits per heavy atom. The summed E-state index contributed by atoms with van der Waals surface area (Å²) in [5.41, 5.74) is 5.70. The minimum absolute atomic E-state index is 0.215. The molecule has 1 aliphatic rings. The third-order valence-electron chi connectivity index (χ3n) is 4.45. The Balaban J connectivity index is 1.88. The van der Waals surface area contributed by atoms with Crippen molar-refractivity contribution in [2.75, 3.05) is 12.4 Å². The van der Waals surface area contributed by atoms with Crippen LogP contribution in [0.2, 0.25) is 10.0 Å². The van der Waals surface area contributed by atoms with E-state index in [4.69, 9.17) is 23.2 Å². The van der Waals surface area contributed by atoms with E-state index in [0.29, 0.717) is 16.0 Å². The summed E-state index contributed by atoms with van der Waals surface area (Å²) in [7, 11) is 1.83. The number of halogens is 2. The number of hydrogen-bond acceptors (Lipinski definition) is 3.